The highest BCUT2D eigenvalue weighted by Gasteiger charge is 2.05. The van der Waals surface area contributed by atoms with Crippen molar-refractivity contribution < 1.29 is 4.79 Å². The molecule has 5 heteroatoms. The summed E-state index contributed by atoms with van der Waals surface area (Å²) in [7, 11) is 0. The van der Waals surface area contributed by atoms with E-state index in [-0.39, 0.29) is 5.78 Å². The van der Waals surface area contributed by atoms with Crippen molar-refractivity contribution >= 4 is 5.78 Å². The molecular weight excluding hydrogens is 216 g/mol. The second-order valence-corrected chi connectivity index (χ2v) is 4.31. The van der Waals surface area contributed by atoms with Crippen LogP contribution < -0.4 is 5.73 Å². The number of unbranched alkanes of at least 4 members (excludes halogenated alkanes) is 4. The van der Waals surface area contributed by atoms with Crippen LogP contribution in [-0.4, -0.2) is 20.8 Å². The molecule has 0 spiro atoms. The van der Waals surface area contributed by atoms with Gasteiger partial charge in [0.05, 0.1) is 11.9 Å². The molecule has 1 aromatic rings. The molecule has 0 aliphatic carbocycles. The molecule has 1 aromatic heterocycles. The SMILES string of the molecule is CCCCCCCC(=O)Cn1cc(CN)nn1. The second kappa shape index (κ2) is 7.95. The van der Waals surface area contributed by atoms with Gasteiger partial charge in [-0.05, 0) is 6.42 Å². The zero-order valence-electron chi connectivity index (χ0n) is 10.6. The van der Waals surface area contributed by atoms with Gasteiger partial charge in [-0.1, -0.05) is 37.8 Å². The van der Waals surface area contributed by atoms with E-state index in [9.17, 15) is 4.79 Å². The number of nitrogens with two attached hydrogens (primary N) is 1. The summed E-state index contributed by atoms with van der Waals surface area (Å²) in [4.78, 5) is 11.6. The summed E-state index contributed by atoms with van der Waals surface area (Å²) in [6, 6.07) is 0. The molecular formula is C12H22N4O. The molecule has 0 saturated carbocycles. The first-order chi connectivity index (χ1) is 8.26. The number of hydrogen-bond donors (Lipinski definition) is 1. The quantitative estimate of drug-likeness (QED) is 0.664. The van der Waals surface area contributed by atoms with Gasteiger partial charge in [0.25, 0.3) is 0 Å². The lowest BCUT2D eigenvalue weighted by Crippen LogP contribution is -2.10. The van der Waals surface area contributed by atoms with E-state index in [1.807, 2.05) is 0 Å². The number of carbonyl (C=O) groups is 1. The van der Waals surface area contributed by atoms with Gasteiger partial charge in [-0.3, -0.25) is 4.79 Å². The third-order valence-corrected chi connectivity index (χ3v) is 2.69. The minimum Gasteiger partial charge on any atom is -0.325 e. The van der Waals surface area contributed by atoms with Crippen LogP contribution in [0.5, 0.6) is 0 Å². The van der Waals surface area contributed by atoms with Gasteiger partial charge in [0.2, 0.25) is 0 Å². The molecule has 0 unspecified atom stereocenters. The van der Waals surface area contributed by atoms with Crippen molar-refractivity contribution in [1.82, 2.24) is 15.0 Å². The molecule has 17 heavy (non-hydrogen) atoms. The van der Waals surface area contributed by atoms with Crippen molar-refractivity contribution in [2.24, 2.45) is 5.73 Å². The maximum atomic E-state index is 11.6. The Labute approximate surface area is 102 Å². The van der Waals surface area contributed by atoms with Crippen molar-refractivity contribution in [3.8, 4) is 0 Å². The first-order valence-electron chi connectivity index (χ1n) is 6.37. The summed E-state index contributed by atoms with van der Waals surface area (Å²) in [6.07, 6.45) is 8.22. The lowest BCUT2D eigenvalue weighted by Gasteiger charge is -2.00. The largest absolute Gasteiger partial charge is 0.325 e. The van der Waals surface area contributed by atoms with Gasteiger partial charge >= 0.3 is 0 Å². The Morgan fingerprint density at radius 1 is 1.35 bits per heavy atom. The summed E-state index contributed by atoms with van der Waals surface area (Å²) in [6.45, 7) is 2.87. The van der Waals surface area contributed by atoms with Crippen molar-refractivity contribution in [1.29, 1.82) is 0 Å². The topological polar surface area (TPSA) is 73.8 Å². The number of carbonyl (C=O) groups excluding carboxylic acids is 1. The number of nitrogens with zero attached hydrogens (tertiary/aromatic N) is 3. The standard InChI is InChI=1S/C12H22N4O/c1-2-3-4-5-6-7-12(17)10-16-9-11(8-13)14-15-16/h9H,2-8,10,13H2,1H3. The van der Waals surface area contributed by atoms with Crippen molar-refractivity contribution in [2.45, 2.75) is 58.5 Å². The Hall–Kier alpha value is -1.23. The lowest BCUT2D eigenvalue weighted by atomic mass is 10.1. The van der Waals surface area contributed by atoms with Crippen LogP contribution in [0.4, 0.5) is 0 Å². The lowest BCUT2D eigenvalue weighted by molar-refractivity contribution is -0.119. The Kier molecular flexibility index (Phi) is 6.47. The Morgan fingerprint density at radius 2 is 2.12 bits per heavy atom. The Morgan fingerprint density at radius 3 is 2.76 bits per heavy atom. The maximum Gasteiger partial charge on any atom is 0.154 e. The Balaban J connectivity index is 2.16. The molecule has 2 N–H and O–H groups in total. The van der Waals surface area contributed by atoms with Crippen LogP contribution in [0.2, 0.25) is 0 Å². The summed E-state index contributed by atoms with van der Waals surface area (Å²) in [5.41, 5.74) is 6.14. The fraction of sp³-hybridized carbons (Fsp3) is 0.750. The van der Waals surface area contributed by atoms with Crippen molar-refractivity contribution in [3.63, 3.8) is 0 Å². The zero-order chi connectivity index (χ0) is 12.5. The van der Waals surface area contributed by atoms with Crippen LogP contribution in [0.15, 0.2) is 6.20 Å². The molecule has 5 nitrogen and oxygen atoms in total. The molecule has 0 radical (unpaired) electrons. The molecule has 0 aliphatic heterocycles. The van der Waals surface area contributed by atoms with Gasteiger partial charge in [0.1, 0.15) is 6.54 Å². The van der Waals surface area contributed by atoms with E-state index in [1.165, 1.54) is 19.3 Å². The third-order valence-electron chi connectivity index (χ3n) is 2.69. The van der Waals surface area contributed by atoms with E-state index in [2.05, 4.69) is 17.2 Å². The normalized spacial score (nSPS) is 10.7. The highest BCUT2D eigenvalue weighted by Crippen LogP contribution is 2.06. The zero-order valence-corrected chi connectivity index (χ0v) is 10.6. The highest BCUT2D eigenvalue weighted by atomic mass is 16.1. The molecule has 0 aliphatic rings. The van der Waals surface area contributed by atoms with Crippen LogP contribution in [0, 0.1) is 0 Å². The van der Waals surface area contributed by atoms with E-state index in [0.29, 0.717) is 19.5 Å². The number of rotatable bonds is 9. The van der Waals surface area contributed by atoms with Gasteiger partial charge < -0.3 is 5.73 Å². The first-order valence-corrected chi connectivity index (χ1v) is 6.37. The van der Waals surface area contributed by atoms with Gasteiger partial charge in [-0.25, -0.2) is 4.68 Å². The highest BCUT2D eigenvalue weighted by molar-refractivity contribution is 5.77. The van der Waals surface area contributed by atoms with Gasteiger partial charge in [-0.15, -0.1) is 5.10 Å². The van der Waals surface area contributed by atoms with E-state index >= 15 is 0 Å². The monoisotopic (exact) mass is 238 g/mol. The molecule has 0 amide bonds. The minimum absolute atomic E-state index is 0.218. The van der Waals surface area contributed by atoms with Crippen LogP contribution in [0.3, 0.4) is 0 Å². The smallest absolute Gasteiger partial charge is 0.154 e. The van der Waals surface area contributed by atoms with E-state index < -0.39 is 0 Å². The van der Waals surface area contributed by atoms with Crippen molar-refractivity contribution in [3.05, 3.63) is 11.9 Å². The molecule has 96 valence electrons. The molecule has 0 atom stereocenters. The molecule has 0 saturated heterocycles. The fourth-order valence-electron chi connectivity index (χ4n) is 1.69. The predicted octanol–water partition coefficient (Wildman–Crippen LogP) is 1.67. The molecule has 0 fully saturated rings. The average Bonchev–Trinajstić information content (AvgIpc) is 2.76. The van der Waals surface area contributed by atoms with Crippen LogP contribution in [0.25, 0.3) is 0 Å². The number of ketones is 1. The van der Waals surface area contributed by atoms with Crippen LogP contribution in [0.1, 0.15) is 51.1 Å². The summed E-state index contributed by atoms with van der Waals surface area (Å²) >= 11 is 0. The van der Waals surface area contributed by atoms with Crippen LogP contribution >= 0.6 is 0 Å². The minimum atomic E-state index is 0.218. The van der Waals surface area contributed by atoms with Crippen LogP contribution in [-0.2, 0) is 17.9 Å². The first kappa shape index (κ1) is 13.8. The van der Waals surface area contributed by atoms with Gasteiger partial charge in [0, 0.05) is 13.0 Å². The van der Waals surface area contributed by atoms with Crippen molar-refractivity contribution in [2.75, 3.05) is 0 Å². The Bertz CT molecular complexity index is 335. The molecule has 0 bridgehead atoms. The van der Waals surface area contributed by atoms with E-state index in [0.717, 1.165) is 18.5 Å². The molecule has 0 aromatic carbocycles. The number of aromatic nitrogens is 3. The second-order valence-electron chi connectivity index (χ2n) is 4.31. The fourth-order valence-corrected chi connectivity index (χ4v) is 1.69. The van der Waals surface area contributed by atoms with Gasteiger partial charge in [-0.2, -0.15) is 0 Å². The van der Waals surface area contributed by atoms with Gasteiger partial charge in [0.15, 0.2) is 5.78 Å². The third kappa shape index (κ3) is 5.58. The van der Waals surface area contributed by atoms with E-state index in [1.54, 1.807) is 10.9 Å². The summed E-state index contributed by atoms with van der Waals surface area (Å²) < 4.78 is 1.57. The van der Waals surface area contributed by atoms with E-state index in [4.69, 9.17) is 5.73 Å². The summed E-state index contributed by atoms with van der Waals surface area (Å²) in [5.74, 6) is 0.218. The maximum absolute atomic E-state index is 11.6. The predicted molar refractivity (Wildman–Crippen MR) is 66.3 cm³/mol. The summed E-state index contributed by atoms with van der Waals surface area (Å²) in [5, 5.41) is 7.69. The average molecular weight is 238 g/mol. The number of Topliss-reactive ketones (excluding diaryl/α,β-unsaturated/α-hetero) is 1. The molecule has 1 heterocycles. The number of hydrogen-bond acceptors (Lipinski definition) is 4. The molecule has 1 rings (SSSR count).